The van der Waals surface area contributed by atoms with Gasteiger partial charge in [-0.15, -0.1) is 0 Å². The van der Waals surface area contributed by atoms with Crippen molar-refractivity contribution >= 4 is 42.2 Å². The summed E-state index contributed by atoms with van der Waals surface area (Å²) in [5.41, 5.74) is 5.45. The van der Waals surface area contributed by atoms with Gasteiger partial charge in [0.25, 0.3) is 0 Å². The van der Waals surface area contributed by atoms with Crippen molar-refractivity contribution in [1.29, 1.82) is 0 Å². The predicted octanol–water partition coefficient (Wildman–Crippen LogP) is 7.40. The van der Waals surface area contributed by atoms with E-state index in [0.29, 0.717) is 5.02 Å². The summed E-state index contributed by atoms with van der Waals surface area (Å²) >= 11 is 6.80. The molecule has 3 aromatic rings. The summed E-state index contributed by atoms with van der Waals surface area (Å²) < 4.78 is 10.5. The molecule has 8 heteroatoms. The third-order valence-corrected chi connectivity index (χ3v) is 11.8. The number of nitrogens with zero attached hydrogens (tertiary/aromatic N) is 6. The summed E-state index contributed by atoms with van der Waals surface area (Å²) in [6, 6.07) is 27.1. The lowest BCUT2D eigenvalue weighted by Gasteiger charge is -2.44. The first-order valence-corrected chi connectivity index (χ1v) is 15.2. The average molecular weight is 545 g/mol. The lowest BCUT2D eigenvalue weighted by atomic mass is 9.84. The summed E-state index contributed by atoms with van der Waals surface area (Å²) in [6.07, 6.45) is 2.08. The van der Waals surface area contributed by atoms with Crippen LogP contribution in [0.2, 0.25) is 5.02 Å². The standard InChI is InChI=1S/C30H34ClN6P/c1-30(2)24-14-8-11-17-27(24)35(4)29(30)28-22-32-37(23-12-6-5-7-13-23)38(28,36-20-18-34(3)19-21-36)33-26-16-10-9-15-25(26)31/h5-17,22H,18-21H2,1-4H3. The average Bonchev–Trinajstić information content (AvgIpc) is 3.38. The number of fused-ring (bicyclic) bond motifs is 1. The summed E-state index contributed by atoms with van der Waals surface area (Å²) in [4.78, 5) is 4.75. The summed E-state index contributed by atoms with van der Waals surface area (Å²) in [7, 11) is 1.74. The first-order chi connectivity index (χ1) is 18.3. The Bertz CT molecular complexity index is 1470. The molecule has 38 heavy (non-hydrogen) atoms. The van der Waals surface area contributed by atoms with E-state index in [2.05, 4.69) is 102 Å². The number of hydrogen-bond donors (Lipinski definition) is 0. The number of hydrazone groups is 1. The van der Waals surface area contributed by atoms with E-state index in [0.717, 1.165) is 37.6 Å². The van der Waals surface area contributed by atoms with Gasteiger partial charge in [-0.1, -0.05) is 74.0 Å². The van der Waals surface area contributed by atoms with Gasteiger partial charge in [-0.2, -0.15) is 5.10 Å². The number of allylic oxidation sites excluding steroid dienone is 2. The number of rotatable bonds is 3. The molecular formula is C30H34ClN6P. The van der Waals surface area contributed by atoms with Crippen LogP contribution in [0.5, 0.6) is 0 Å². The van der Waals surface area contributed by atoms with Gasteiger partial charge >= 0.3 is 0 Å². The molecular weight excluding hydrogens is 511 g/mol. The third kappa shape index (κ3) is 3.94. The van der Waals surface area contributed by atoms with Crippen molar-refractivity contribution in [3.8, 4) is 0 Å². The highest BCUT2D eigenvalue weighted by Gasteiger charge is 2.50. The number of hydrogen-bond acceptors (Lipinski definition) is 4. The van der Waals surface area contributed by atoms with E-state index in [1.54, 1.807) is 0 Å². The lowest BCUT2D eigenvalue weighted by molar-refractivity contribution is 0.227. The summed E-state index contributed by atoms with van der Waals surface area (Å²) in [5.74, 6) is 0. The van der Waals surface area contributed by atoms with Gasteiger partial charge < -0.3 is 9.80 Å². The van der Waals surface area contributed by atoms with E-state index in [1.165, 1.54) is 22.3 Å². The minimum Gasteiger partial charge on any atom is -0.346 e. The van der Waals surface area contributed by atoms with E-state index in [-0.39, 0.29) is 5.41 Å². The first kappa shape index (κ1) is 25.4. The van der Waals surface area contributed by atoms with E-state index in [9.17, 15) is 0 Å². The molecule has 3 aliphatic heterocycles. The fraction of sp³-hybridized carbons (Fsp3) is 0.300. The fourth-order valence-electron chi connectivity index (χ4n) is 6.00. The maximum absolute atomic E-state index is 6.80. The highest BCUT2D eigenvalue weighted by molar-refractivity contribution is 7.71. The van der Waals surface area contributed by atoms with E-state index >= 15 is 0 Å². The zero-order valence-corrected chi connectivity index (χ0v) is 24.1. The van der Waals surface area contributed by atoms with Crippen molar-refractivity contribution < 1.29 is 0 Å². The van der Waals surface area contributed by atoms with Crippen LogP contribution in [0.1, 0.15) is 19.4 Å². The molecule has 3 aromatic carbocycles. The van der Waals surface area contributed by atoms with E-state index < -0.39 is 7.36 Å². The minimum atomic E-state index is -2.64. The van der Waals surface area contributed by atoms with Gasteiger partial charge in [0.15, 0.2) is 7.36 Å². The van der Waals surface area contributed by atoms with Crippen LogP contribution in [-0.4, -0.2) is 56.1 Å². The van der Waals surface area contributed by atoms with Crippen LogP contribution >= 0.6 is 19.0 Å². The Kier molecular flexibility index (Phi) is 6.48. The molecule has 0 aliphatic carbocycles. The van der Waals surface area contributed by atoms with Crippen LogP contribution in [0.15, 0.2) is 99.7 Å². The minimum absolute atomic E-state index is 0.215. The zero-order valence-electron chi connectivity index (χ0n) is 22.4. The number of piperazine rings is 1. The monoisotopic (exact) mass is 544 g/mol. The Morgan fingerprint density at radius 2 is 1.50 bits per heavy atom. The zero-order chi connectivity index (χ0) is 26.5. The molecule has 0 amide bonds. The molecule has 196 valence electrons. The van der Waals surface area contributed by atoms with E-state index in [1.807, 2.05) is 30.3 Å². The van der Waals surface area contributed by atoms with Crippen molar-refractivity contribution in [2.45, 2.75) is 19.3 Å². The van der Waals surface area contributed by atoms with Gasteiger partial charge in [0.05, 0.1) is 27.9 Å². The lowest BCUT2D eigenvalue weighted by Crippen LogP contribution is -2.44. The normalized spacial score (nSPS) is 25.2. The Labute approximate surface area is 231 Å². The van der Waals surface area contributed by atoms with Crippen LogP contribution < -0.4 is 9.68 Å². The quantitative estimate of drug-likeness (QED) is 0.322. The molecule has 3 heterocycles. The van der Waals surface area contributed by atoms with Gasteiger partial charge in [-0.05, 0) is 42.9 Å². The summed E-state index contributed by atoms with van der Waals surface area (Å²) in [6.45, 7) is 8.41. The van der Waals surface area contributed by atoms with Crippen molar-refractivity contribution in [2.24, 2.45) is 9.85 Å². The van der Waals surface area contributed by atoms with Crippen molar-refractivity contribution in [3.05, 3.63) is 100 Å². The van der Waals surface area contributed by atoms with Crippen LogP contribution in [-0.2, 0) is 5.41 Å². The molecule has 0 radical (unpaired) electrons. The Balaban J connectivity index is 1.69. The molecule has 3 aliphatic rings. The van der Waals surface area contributed by atoms with E-state index in [4.69, 9.17) is 21.4 Å². The van der Waals surface area contributed by atoms with Gasteiger partial charge in [0, 0.05) is 50.0 Å². The number of benzene rings is 3. The Morgan fingerprint density at radius 1 is 0.842 bits per heavy atom. The fourth-order valence-corrected chi connectivity index (χ4v) is 10.1. The largest absolute Gasteiger partial charge is 0.346 e. The number of para-hydroxylation sites is 2. The maximum Gasteiger partial charge on any atom is 0.180 e. The molecule has 6 nitrogen and oxygen atoms in total. The summed E-state index contributed by atoms with van der Waals surface area (Å²) in [5, 5.41) is 7.00. The van der Waals surface area contributed by atoms with Crippen molar-refractivity contribution in [1.82, 2.24) is 9.57 Å². The highest BCUT2D eigenvalue weighted by Crippen LogP contribution is 2.71. The number of anilines is 2. The van der Waals surface area contributed by atoms with Crippen LogP contribution in [0, 0.1) is 0 Å². The number of likely N-dealkylation sites (N-methyl/N-ethyl adjacent to an activating group) is 2. The van der Waals surface area contributed by atoms with Gasteiger partial charge in [0.1, 0.15) is 0 Å². The SMILES string of the molecule is CN1CCN(P2(=Nc3ccccc3Cl)C(=C3N(C)c4ccccc4C3(C)C)C=NN2c2ccccc2)CC1. The first-order valence-electron chi connectivity index (χ1n) is 13.1. The van der Waals surface area contributed by atoms with Gasteiger partial charge in [-0.25, -0.2) is 14.2 Å². The second kappa shape index (κ2) is 9.69. The molecule has 1 atom stereocenters. The topological polar surface area (TPSA) is 37.7 Å². The molecule has 6 rings (SSSR count). The van der Waals surface area contributed by atoms with Gasteiger partial charge in [0.2, 0.25) is 0 Å². The van der Waals surface area contributed by atoms with Crippen molar-refractivity contribution in [3.63, 3.8) is 0 Å². The smallest absolute Gasteiger partial charge is 0.180 e. The van der Waals surface area contributed by atoms with Crippen molar-refractivity contribution in [2.75, 3.05) is 50.0 Å². The predicted molar refractivity (Wildman–Crippen MR) is 162 cm³/mol. The maximum atomic E-state index is 6.80. The molecule has 0 bridgehead atoms. The van der Waals surface area contributed by atoms with Crippen LogP contribution in [0.25, 0.3) is 0 Å². The molecule has 0 saturated carbocycles. The van der Waals surface area contributed by atoms with Crippen LogP contribution in [0.4, 0.5) is 17.1 Å². The highest BCUT2D eigenvalue weighted by atomic mass is 35.5. The Hall–Kier alpha value is -2.89. The molecule has 0 aromatic heterocycles. The molecule has 1 saturated heterocycles. The molecule has 1 unspecified atom stereocenters. The third-order valence-electron chi connectivity index (χ3n) is 7.95. The Morgan fingerprint density at radius 3 is 2.21 bits per heavy atom. The second-order valence-electron chi connectivity index (χ2n) is 10.7. The number of halogens is 1. The second-order valence-corrected chi connectivity index (χ2v) is 13.9. The molecule has 1 fully saturated rings. The van der Waals surface area contributed by atoms with Gasteiger partial charge in [-0.3, -0.25) is 0 Å². The molecule has 0 N–H and O–H groups in total. The van der Waals surface area contributed by atoms with Crippen LogP contribution in [0.3, 0.4) is 0 Å². The molecule has 0 spiro atoms.